The van der Waals surface area contributed by atoms with Crippen LogP contribution in [0.25, 0.3) is 6.08 Å². The molecule has 1 rings (SSSR count). The van der Waals surface area contributed by atoms with Crippen LogP contribution in [0.5, 0.6) is 0 Å². The lowest BCUT2D eigenvalue weighted by atomic mass is 10.2. The van der Waals surface area contributed by atoms with E-state index in [1.807, 2.05) is 31.3 Å². The smallest absolute Gasteiger partial charge is 0.0626 e. The lowest BCUT2D eigenvalue weighted by Gasteiger charge is -1.95. The van der Waals surface area contributed by atoms with Gasteiger partial charge in [-0.25, -0.2) is 0 Å². The molecular weight excluding hydrogens is 134 g/mol. The average Bonchev–Trinajstić information content (AvgIpc) is 2.07. The quantitative estimate of drug-likeness (QED) is 0.626. The average molecular weight is 147 g/mol. The predicted octanol–water partition coefficient (Wildman–Crippen LogP) is 2.68. The van der Waals surface area contributed by atoms with Crippen molar-refractivity contribution in [1.29, 1.82) is 0 Å². The molecule has 0 saturated carbocycles. The topological polar surface area (TPSA) is 12.9 Å². The van der Waals surface area contributed by atoms with E-state index in [1.165, 1.54) is 5.56 Å². The Balaban J connectivity index is 2.82. The van der Waals surface area contributed by atoms with Gasteiger partial charge in [0.05, 0.1) is 5.69 Å². The Hall–Kier alpha value is -1.11. The molecule has 0 N–H and O–H groups in total. The number of rotatable bonds is 2. The molecule has 1 heterocycles. The molecule has 0 saturated heterocycles. The highest BCUT2D eigenvalue weighted by atomic mass is 14.7. The number of hydrogen-bond acceptors (Lipinski definition) is 1. The van der Waals surface area contributed by atoms with Gasteiger partial charge in [0, 0.05) is 6.20 Å². The Labute approximate surface area is 67.8 Å². The van der Waals surface area contributed by atoms with Crippen LogP contribution in [-0.4, -0.2) is 4.98 Å². The minimum absolute atomic E-state index is 1.03. The summed E-state index contributed by atoms with van der Waals surface area (Å²) in [6, 6.07) is 4.15. The standard InChI is InChI=1S/C10H13N/c1-3-5-10-7-6-9(4-2)8-11-10/h3,5-8H,4H2,1-2H3. The molecule has 0 fully saturated rings. The second-order valence-electron chi connectivity index (χ2n) is 2.44. The van der Waals surface area contributed by atoms with Crippen LogP contribution in [0.15, 0.2) is 24.4 Å². The molecule has 11 heavy (non-hydrogen) atoms. The van der Waals surface area contributed by atoms with E-state index >= 15 is 0 Å². The van der Waals surface area contributed by atoms with E-state index in [2.05, 4.69) is 18.0 Å². The fourth-order valence-corrected chi connectivity index (χ4v) is 0.914. The third-order valence-electron chi connectivity index (χ3n) is 1.59. The van der Waals surface area contributed by atoms with Gasteiger partial charge in [0.15, 0.2) is 0 Å². The molecule has 0 unspecified atom stereocenters. The second-order valence-corrected chi connectivity index (χ2v) is 2.44. The molecule has 1 nitrogen and oxygen atoms in total. The van der Waals surface area contributed by atoms with Crippen LogP contribution in [-0.2, 0) is 6.42 Å². The van der Waals surface area contributed by atoms with Gasteiger partial charge in [-0.3, -0.25) is 4.98 Å². The van der Waals surface area contributed by atoms with E-state index < -0.39 is 0 Å². The maximum Gasteiger partial charge on any atom is 0.0626 e. The molecule has 0 spiro atoms. The van der Waals surface area contributed by atoms with Gasteiger partial charge >= 0.3 is 0 Å². The fourth-order valence-electron chi connectivity index (χ4n) is 0.914. The van der Waals surface area contributed by atoms with Crippen LogP contribution >= 0.6 is 0 Å². The number of allylic oxidation sites excluding steroid dienone is 1. The van der Waals surface area contributed by atoms with Crippen molar-refractivity contribution in [2.24, 2.45) is 0 Å². The van der Waals surface area contributed by atoms with Gasteiger partial charge in [-0.1, -0.05) is 19.1 Å². The van der Waals surface area contributed by atoms with Crippen molar-refractivity contribution in [3.05, 3.63) is 35.7 Å². The lowest BCUT2D eigenvalue weighted by Crippen LogP contribution is -1.83. The van der Waals surface area contributed by atoms with Gasteiger partial charge in [-0.15, -0.1) is 0 Å². The first-order valence-corrected chi connectivity index (χ1v) is 3.94. The van der Waals surface area contributed by atoms with Crippen molar-refractivity contribution in [2.45, 2.75) is 20.3 Å². The zero-order valence-corrected chi connectivity index (χ0v) is 7.04. The largest absolute Gasteiger partial charge is 0.257 e. The van der Waals surface area contributed by atoms with Crippen molar-refractivity contribution in [3.8, 4) is 0 Å². The summed E-state index contributed by atoms with van der Waals surface area (Å²) >= 11 is 0. The highest BCUT2D eigenvalue weighted by Crippen LogP contribution is 2.01. The molecule has 0 aliphatic rings. The first-order valence-electron chi connectivity index (χ1n) is 3.94. The SMILES string of the molecule is CC=Cc1ccc(CC)cn1. The maximum atomic E-state index is 4.25. The molecule has 0 atom stereocenters. The minimum atomic E-state index is 1.03. The number of aryl methyl sites for hydroxylation is 1. The van der Waals surface area contributed by atoms with E-state index in [0.29, 0.717) is 0 Å². The molecule has 1 aromatic rings. The van der Waals surface area contributed by atoms with Crippen LogP contribution < -0.4 is 0 Å². The zero-order chi connectivity index (χ0) is 8.10. The molecule has 0 amide bonds. The van der Waals surface area contributed by atoms with Gasteiger partial charge in [-0.05, 0) is 31.1 Å². The Morgan fingerprint density at radius 3 is 2.73 bits per heavy atom. The Morgan fingerprint density at radius 1 is 1.45 bits per heavy atom. The summed E-state index contributed by atoms with van der Waals surface area (Å²) in [7, 11) is 0. The summed E-state index contributed by atoms with van der Waals surface area (Å²) < 4.78 is 0. The summed E-state index contributed by atoms with van der Waals surface area (Å²) in [5.41, 5.74) is 2.32. The highest BCUT2D eigenvalue weighted by molar-refractivity contribution is 5.43. The minimum Gasteiger partial charge on any atom is -0.257 e. The first-order chi connectivity index (χ1) is 5.36. The number of nitrogens with zero attached hydrogens (tertiary/aromatic N) is 1. The summed E-state index contributed by atoms with van der Waals surface area (Å²) in [5, 5.41) is 0. The number of aromatic nitrogens is 1. The second kappa shape index (κ2) is 3.91. The van der Waals surface area contributed by atoms with Crippen LogP contribution in [0, 0.1) is 0 Å². The molecule has 0 aliphatic heterocycles. The van der Waals surface area contributed by atoms with Crippen LogP contribution in [0.3, 0.4) is 0 Å². The van der Waals surface area contributed by atoms with Crippen LogP contribution in [0.1, 0.15) is 25.1 Å². The Bertz CT molecular complexity index is 234. The van der Waals surface area contributed by atoms with Gasteiger partial charge < -0.3 is 0 Å². The zero-order valence-electron chi connectivity index (χ0n) is 7.04. The van der Waals surface area contributed by atoms with Gasteiger partial charge in [0.1, 0.15) is 0 Å². The van der Waals surface area contributed by atoms with E-state index in [9.17, 15) is 0 Å². The Kier molecular flexibility index (Phi) is 2.84. The molecule has 0 aromatic carbocycles. The van der Waals surface area contributed by atoms with Crippen molar-refractivity contribution in [1.82, 2.24) is 4.98 Å². The van der Waals surface area contributed by atoms with Crippen molar-refractivity contribution < 1.29 is 0 Å². The van der Waals surface area contributed by atoms with E-state index in [1.54, 1.807) is 0 Å². The van der Waals surface area contributed by atoms with Crippen LogP contribution in [0.2, 0.25) is 0 Å². The molecule has 0 radical (unpaired) electrons. The van der Waals surface area contributed by atoms with Crippen molar-refractivity contribution in [3.63, 3.8) is 0 Å². The van der Waals surface area contributed by atoms with Gasteiger partial charge in [0.2, 0.25) is 0 Å². The summed E-state index contributed by atoms with van der Waals surface area (Å²) in [4.78, 5) is 4.25. The molecular formula is C10H13N. The summed E-state index contributed by atoms with van der Waals surface area (Å²) in [5.74, 6) is 0. The third kappa shape index (κ3) is 2.19. The molecule has 1 heteroatoms. The van der Waals surface area contributed by atoms with Crippen molar-refractivity contribution in [2.75, 3.05) is 0 Å². The molecule has 58 valence electrons. The first kappa shape index (κ1) is 7.99. The Morgan fingerprint density at radius 2 is 2.27 bits per heavy atom. The lowest BCUT2D eigenvalue weighted by molar-refractivity contribution is 1.10. The number of hydrogen-bond donors (Lipinski definition) is 0. The normalized spacial score (nSPS) is 10.7. The van der Waals surface area contributed by atoms with Crippen LogP contribution in [0.4, 0.5) is 0 Å². The van der Waals surface area contributed by atoms with E-state index in [-0.39, 0.29) is 0 Å². The van der Waals surface area contributed by atoms with Gasteiger partial charge in [-0.2, -0.15) is 0 Å². The summed E-state index contributed by atoms with van der Waals surface area (Å²) in [6.07, 6.45) is 6.98. The summed E-state index contributed by atoms with van der Waals surface area (Å²) in [6.45, 7) is 4.13. The van der Waals surface area contributed by atoms with Gasteiger partial charge in [0.25, 0.3) is 0 Å². The monoisotopic (exact) mass is 147 g/mol. The molecule has 0 aliphatic carbocycles. The van der Waals surface area contributed by atoms with Crippen molar-refractivity contribution >= 4 is 6.08 Å². The van der Waals surface area contributed by atoms with E-state index in [0.717, 1.165) is 12.1 Å². The molecule has 0 bridgehead atoms. The maximum absolute atomic E-state index is 4.25. The fraction of sp³-hybridized carbons (Fsp3) is 0.300. The third-order valence-corrected chi connectivity index (χ3v) is 1.59. The highest BCUT2D eigenvalue weighted by Gasteiger charge is 1.88. The number of pyridine rings is 1. The van der Waals surface area contributed by atoms with E-state index in [4.69, 9.17) is 0 Å². The predicted molar refractivity (Wildman–Crippen MR) is 48.3 cm³/mol. The molecule has 1 aromatic heterocycles.